The van der Waals surface area contributed by atoms with Crippen LogP contribution in [-0.4, -0.2) is 40.9 Å². The lowest BCUT2D eigenvalue weighted by atomic mass is 9.83. The van der Waals surface area contributed by atoms with Gasteiger partial charge in [0.25, 0.3) is 0 Å². The van der Waals surface area contributed by atoms with Crippen molar-refractivity contribution in [3.8, 4) is 5.88 Å². The molecule has 1 aliphatic heterocycles. The number of piperidine rings is 1. The molecule has 1 aliphatic rings. The molecule has 5 heteroatoms. The van der Waals surface area contributed by atoms with Gasteiger partial charge in [0.05, 0.1) is 18.4 Å². The first-order chi connectivity index (χ1) is 9.51. The Bertz CT molecular complexity index is 455. The molecule has 0 bridgehead atoms. The Labute approximate surface area is 122 Å². The summed E-state index contributed by atoms with van der Waals surface area (Å²) in [4.78, 5) is 2.55. The summed E-state index contributed by atoms with van der Waals surface area (Å²) in [6.45, 7) is 8.41. The molecule has 1 aromatic rings. The van der Waals surface area contributed by atoms with E-state index >= 15 is 0 Å². The maximum atomic E-state index is 6.05. The molecule has 114 valence electrons. The molecule has 1 saturated heterocycles. The van der Waals surface area contributed by atoms with Crippen molar-refractivity contribution in [3.05, 3.63) is 11.3 Å². The Kier molecular flexibility index (Phi) is 4.70. The number of aromatic nitrogens is 2. The molecule has 2 unspecified atom stereocenters. The molecule has 0 spiro atoms. The third-order valence-corrected chi connectivity index (χ3v) is 4.46. The zero-order valence-electron chi connectivity index (χ0n) is 13.4. The summed E-state index contributed by atoms with van der Waals surface area (Å²) in [7, 11) is 3.66. The monoisotopic (exact) mass is 280 g/mol. The second-order valence-electron chi connectivity index (χ2n) is 6.05. The summed E-state index contributed by atoms with van der Waals surface area (Å²) in [5.41, 5.74) is 8.32. The number of likely N-dealkylation sites (tertiary alicyclic amines) is 1. The summed E-state index contributed by atoms with van der Waals surface area (Å²) in [6, 6.07) is 0.816. The van der Waals surface area contributed by atoms with E-state index < -0.39 is 0 Å². The highest BCUT2D eigenvalue weighted by molar-refractivity contribution is 5.35. The fourth-order valence-corrected chi connectivity index (χ4v) is 3.57. The van der Waals surface area contributed by atoms with Crippen LogP contribution in [0.25, 0.3) is 0 Å². The standard InChI is InChI=1S/C15H28N4O/c1-10(2)19-8-6-7-12(9-16)14(19)13-11(3)17-18(4)15(13)20-5/h10,12,14H,6-9,16H2,1-5H3. The van der Waals surface area contributed by atoms with Crippen molar-refractivity contribution in [1.82, 2.24) is 14.7 Å². The third kappa shape index (κ3) is 2.56. The van der Waals surface area contributed by atoms with Crippen molar-refractivity contribution in [2.75, 3.05) is 20.2 Å². The van der Waals surface area contributed by atoms with Crippen LogP contribution in [0, 0.1) is 12.8 Å². The van der Waals surface area contributed by atoms with Crippen LogP contribution in [-0.2, 0) is 7.05 Å². The minimum absolute atomic E-state index is 0.317. The minimum Gasteiger partial charge on any atom is -0.481 e. The Morgan fingerprint density at radius 1 is 1.45 bits per heavy atom. The largest absolute Gasteiger partial charge is 0.481 e. The zero-order valence-corrected chi connectivity index (χ0v) is 13.4. The molecule has 0 amide bonds. The number of methoxy groups -OCH3 is 1. The lowest BCUT2D eigenvalue weighted by molar-refractivity contribution is 0.0643. The first kappa shape index (κ1) is 15.3. The fraction of sp³-hybridized carbons (Fsp3) is 0.800. The SMILES string of the molecule is COc1c(C2C(CN)CCCN2C(C)C)c(C)nn1C. The first-order valence-corrected chi connectivity index (χ1v) is 7.54. The number of hydrogen-bond acceptors (Lipinski definition) is 4. The average Bonchev–Trinajstić information content (AvgIpc) is 2.71. The predicted molar refractivity (Wildman–Crippen MR) is 80.9 cm³/mol. The normalized spacial score (nSPS) is 24.4. The number of nitrogens with zero attached hydrogens (tertiary/aromatic N) is 3. The highest BCUT2D eigenvalue weighted by Crippen LogP contribution is 2.41. The molecule has 1 aromatic heterocycles. The molecule has 5 nitrogen and oxygen atoms in total. The van der Waals surface area contributed by atoms with Gasteiger partial charge in [0.1, 0.15) is 0 Å². The van der Waals surface area contributed by atoms with Crippen molar-refractivity contribution < 1.29 is 4.74 Å². The smallest absolute Gasteiger partial charge is 0.216 e. The van der Waals surface area contributed by atoms with Gasteiger partial charge in [-0.2, -0.15) is 5.10 Å². The second kappa shape index (κ2) is 6.14. The zero-order chi connectivity index (χ0) is 14.9. The van der Waals surface area contributed by atoms with E-state index in [2.05, 4.69) is 30.8 Å². The van der Waals surface area contributed by atoms with Gasteiger partial charge in [-0.1, -0.05) is 0 Å². The van der Waals surface area contributed by atoms with Gasteiger partial charge < -0.3 is 10.5 Å². The first-order valence-electron chi connectivity index (χ1n) is 7.54. The van der Waals surface area contributed by atoms with Gasteiger partial charge in [-0.05, 0) is 52.6 Å². The summed E-state index contributed by atoms with van der Waals surface area (Å²) < 4.78 is 7.44. The maximum Gasteiger partial charge on any atom is 0.216 e. The topological polar surface area (TPSA) is 56.3 Å². The van der Waals surface area contributed by atoms with E-state index in [1.54, 1.807) is 7.11 Å². The minimum atomic E-state index is 0.317. The van der Waals surface area contributed by atoms with Gasteiger partial charge in [0.2, 0.25) is 5.88 Å². The molecule has 2 N–H and O–H groups in total. The van der Waals surface area contributed by atoms with Crippen molar-refractivity contribution in [3.63, 3.8) is 0 Å². The molecule has 0 saturated carbocycles. The van der Waals surface area contributed by atoms with E-state index in [4.69, 9.17) is 10.5 Å². The quantitative estimate of drug-likeness (QED) is 0.914. The molecule has 2 heterocycles. The molecule has 0 radical (unpaired) electrons. The van der Waals surface area contributed by atoms with Gasteiger partial charge >= 0.3 is 0 Å². The van der Waals surface area contributed by atoms with Crippen LogP contribution < -0.4 is 10.5 Å². The second-order valence-corrected chi connectivity index (χ2v) is 6.05. The van der Waals surface area contributed by atoms with Gasteiger partial charge in [-0.25, -0.2) is 4.68 Å². The Balaban J connectivity index is 2.49. The number of nitrogens with two attached hydrogens (primary N) is 1. The average molecular weight is 280 g/mol. The van der Waals surface area contributed by atoms with Crippen molar-refractivity contribution >= 4 is 0 Å². The molecular formula is C15H28N4O. The van der Waals surface area contributed by atoms with Gasteiger partial charge in [-0.15, -0.1) is 0 Å². The number of aryl methyl sites for hydroxylation is 2. The van der Waals surface area contributed by atoms with Crippen LogP contribution in [0.2, 0.25) is 0 Å². The maximum absolute atomic E-state index is 6.05. The van der Waals surface area contributed by atoms with Crippen LogP contribution in [0.4, 0.5) is 0 Å². The van der Waals surface area contributed by atoms with E-state index in [0.29, 0.717) is 24.5 Å². The molecule has 2 rings (SSSR count). The molecular weight excluding hydrogens is 252 g/mol. The highest BCUT2D eigenvalue weighted by Gasteiger charge is 2.37. The van der Waals surface area contributed by atoms with Crippen LogP contribution >= 0.6 is 0 Å². The highest BCUT2D eigenvalue weighted by atomic mass is 16.5. The lowest BCUT2D eigenvalue weighted by Crippen LogP contribution is -2.45. The molecule has 0 aliphatic carbocycles. The molecule has 20 heavy (non-hydrogen) atoms. The molecule has 1 fully saturated rings. The van der Waals surface area contributed by atoms with Gasteiger partial charge in [0, 0.05) is 19.1 Å². The fourth-order valence-electron chi connectivity index (χ4n) is 3.57. The third-order valence-electron chi connectivity index (χ3n) is 4.46. The number of rotatable bonds is 4. The van der Waals surface area contributed by atoms with Crippen molar-refractivity contribution in [2.24, 2.45) is 18.7 Å². The Hall–Kier alpha value is -1.07. The van der Waals surface area contributed by atoms with E-state index in [0.717, 1.165) is 18.1 Å². The van der Waals surface area contributed by atoms with E-state index in [1.807, 2.05) is 11.7 Å². The van der Waals surface area contributed by atoms with Crippen molar-refractivity contribution in [1.29, 1.82) is 0 Å². The van der Waals surface area contributed by atoms with Crippen LogP contribution in [0.1, 0.15) is 44.0 Å². The van der Waals surface area contributed by atoms with E-state index in [1.165, 1.54) is 18.4 Å². The summed E-state index contributed by atoms with van der Waals surface area (Å²) in [5, 5.41) is 4.54. The summed E-state index contributed by atoms with van der Waals surface area (Å²) in [6.07, 6.45) is 2.40. The molecule has 2 atom stereocenters. The predicted octanol–water partition coefficient (Wildman–Crippen LogP) is 1.86. The number of ether oxygens (including phenoxy) is 1. The summed E-state index contributed by atoms with van der Waals surface area (Å²) in [5.74, 6) is 1.35. The van der Waals surface area contributed by atoms with E-state index in [9.17, 15) is 0 Å². The van der Waals surface area contributed by atoms with Gasteiger partial charge in [-0.3, -0.25) is 4.90 Å². The molecule has 0 aromatic carbocycles. The Morgan fingerprint density at radius 3 is 2.70 bits per heavy atom. The summed E-state index contributed by atoms with van der Waals surface area (Å²) >= 11 is 0. The lowest BCUT2D eigenvalue weighted by Gasteiger charge is -2.43. The Morgan fingerprint density at radius 2 is 2.15 bits per heavy atom. The van der Waals surface area contributed by atoms with Crippen molar-refractivity contribution in [2.45, 2.75) is 45.7 Å². The van der Waals surface area contributed by atoms with Crippen LogP contribution in [0.3, 0.4) is 0 Å². The van der Waals surface area contributed by atoms with Crippen LogP contribution in [0.15, 0.2) is 0 Å². The number of hydrogen-bond donors (Lipinski definition) is 1. The van der Waals surface area contributed by atoms with Gasteiger partial charge in [0.15, 0.2) is 0 Å². The van der Waals surface area contributed by atoms with E-state index in [-0.39, 0.29) is 0 Å². The van der Waals surface area contributed by atoms with Crippen LogP contribution in [0.5, 0.6) is 5.88 Å².